The maximum atomic E-state index is 12.4. The second kappa shape index (κ2) is 4.82. The van der Waals surface area contributed by atoms with E-state index in [-0.39, 0.29) is 11.4 Å². The van der Waals surface area contributed by atoms with E-state index < -0.39 is 35.4 Å². The van der Waals surface area contributed by atoms with Gasteiger partial charge in [0, 0.05) is 5.33 Å². The van der Waals surface area contributed by atoms with Crippen LogP contribution in [0.3, 0.4) is 0 Å². The molecule has 0 aliphatic carbocycles. The Balaban J connectivity index is 3.35. The second-order valence-corrected chi connectivity index (χ2v) is 3.55. The molecule has 0 bridgehead atoms. The third-order valence-electron chi connectivity index (χ3n) is 1.69. The summed E-state index contributed by atoms with van der Waals surface area (Å²) in [6, 6.07) is 0.130. The summed E-state index contributed by atoms with van der Waals surface area (Å²) in [5.74, 6) is -2.53. The van der Waals surface area contributed by atoms with Crippen molar-refractivity contribution in [1.29, 1.82) is 0 Å². The molecule has 102 valence electrons. The molecular formula is C8H4BrF6NO2. The number of hydrogen-bond acceptors (Lipinski definition) is 3. The van der Waals surface area contributed by atoms with E-state index in [0.29, 0.717) is 0 Å². The zero-order valence-corrected chi connectivity index (χ0v) is 9.82. The molecule has 1 rings (SSSR count). The largest absolute Gasteiger partial charge is 0.574 e. The van der Waals surface area contributed by atoms with Crippen molar-refractivity contribution >= 4 is 15.9 Å². The van der Waals surface area contributed by atoms with Gasteiger partial charge in [0.2, 0.25) is 5.88 Å². The van der Waals surface area contributed by atoms with Crippen LogP contribution in [0.2, 0.25) is 0 Å². The fraction of sp³-hybridized carbons (Fsp3) is 0.375. The lowest BCUT2D eigenvalue weighted by atomic mass is 10.2. The molecule has 1 N–H and O–H groups in total. The van der Waals surface area contributed by atoms with Gasteiger partial charge in [-0.15, -0.1) is 13.2 Å². The van der Waals surface area contributed by atoms with Crippen molar-refractivity contribution in [1.82, 2.24) is 4.98 Å². The van der Waals surface area contributed by atoms with Crippen LogP contribution in [0, 0.1) is 0 Å². The molecule has 10 heteroatoms. The number of rotatable bonds is 2. The molecule has 0 radical (unpaired) electrons. The highest BCUT2D eigenvalue weighted by molar-refractivity contribution is 9.08. The van der Waals surface area contributed by atoms with E-state index in [1.807, 2.05) is 0 Å². The van der Waals surface area contributed by atoms with E-state index in [2.05, 4.69) is 25.7 Å². The summed E-state index contributed by atoms with van der Waals surface area (Å²) < 4.78 is 76.3. The molecule has 3 nitrogen and oxygen atoms in total. The Bertz CT molecular complexity index is 444. The van der Waals surface area contributed by atoms with E-state index in [0.717, 1.165) is 0 Å². The Morgan fingerprint density at radius 1 is 1.22 bits per heavy atom. The van der Waals surface area contributed by atoms with E-state index in [4.69, 9.17) is 5.11 Å². The number of aromatic hydroxyl groups is 1. The van der Waals surface area contributed by atoms with Crippen LogP contribution in [0.5, 0.6) is 11.6 Å². The summed E-state index contributed by atoms with van der Waals surface area (Å²) in [5, 5.41) is 8.92. The average Bonchev–Trinajstić information content (AvgIpc) is 2.16. The average molecular weight is 340 g/mol. The van der Waals surface area contributed by atoms with Crippen LogP contribution in [-0.4, -0.2) is 16.5 Å². The standard InChI is InChI=1S/C8H4BrF6NO2/c9-2-4-5(17)1-3(7(10,11)12)6(16-4)18-8(13,14)15/h1,17H,2H2. The SMILES string of the molecule is Oc1cc(C(F)(F)F)c(OC(F)(F)F)nc1CBr. The molecule has 0 aromatic carbocycles. The minimum Gasteiger partial charge on any atom is -0.506 e. The molecule has 0 atom stereocenters. The summed E-state index contributed by atoms with van der Waals surface area (Å²) in [4.78, 5) is 2.98. The van der Waals surface area contributed by atoms with E-state index in [1.165, 1.54) is 0 Å². The van der Waals surface area contributed by atoms with Gasteiger partial charge in [-0.25, -0.2) is 4.98 Å². The number of nitrogens with zero attached hydrogens (tertiary/aromatic N) is 1. The molecule has 0 saturated carbocycles. The Morgan fingerprint density at radius 2 is 1.78 bits per heavy atom. The highest BCUT2D eigenvalue weighted by Gasteiger charge is 2.41. The van der Waals surface area contributed by atoms with Gasteiger partial charge in [-0.2, -0.15) is 13.2 Å². The third kappa shape index (κ3) is 3.65. The van der Waals surface area contributed by atoms with Gasteiger partial charge < -0.3 is 9.84 Å². The van der Waals surface area contributed by atoms with Crippen LogP contribution in [-0.2, 0) is 11.5 Å². The van der Waals surface area contributed by atoms with Crippen LogP contribution >= 0.6 is 15.9 Å². The lowest BCUT2D eigenvalue weighted by Crippen LogP contribution is -2.21. The van der Waals surface area contributed by atoms with Crippen molar-refractivity contribution in [3.63, 3.8) is 0 Å². The first-order valence-corrected chi connectivity index (χ1v) is 5.28. The highest BCUT2D eigenvalue weighted by atomic mass is 79.9. The minimum absolute atomic E-state index is 0.130. The molecule has 0 spiro atoms. The second-order valence-electron chi connectivity index (χ2n) is 2.99. The first kappa shape index (κ1) is 14.9. The molecular weight excluding hydrogens is 336 g/mol. The maximum absolute atomic E-state index is 12.4. The lowest BCUT2D eigenvalue weighted by molar-refractivity contribution is -0.277. The quantitative estimate of drug-likeness (QED) is 0.661. The normalized spacial score (nSPS) is 12.6. The van der Waals surface area contributed by atoms with E-state index in [9.17, 15) is 26.3 Å². The monoisotopic (exact) mass is 339 g/mol. The Kier molecular flexibility index (Phi) is 3.99. The Hall–Kier alpha value is -1.19. The van der Waals surface area contributed by atoms with Crippen molar-refractivity contribution in [2.24, 2.45) is 0 Å². The molecule has 0 saturated heterocycles. The van der Waals surface area contributed by atoms with Gasteiger partial charge in [0.05, 0.1) is 5.69 Å². The van der Waals surface area contributed by atoms with Crippen LogP contribution in [0.15, 0.2) is 6.07 Å². The summed E-state index contributed by atoms with van der Waals surface area (Å²) in [5.41, 5.74) is -2.20. The topological polar surface area (TPSA) is 42.4 Å². The summed E-state index contributed by atoms with van der Waals surface area (Å²) in [6.07, 6.45) is -10.4. The number of pyridine rings is 1. The van der Waals surface area contributed by atoms with E-state index in [1.54, 1.807) is 0 Å². The Labute approximate surface area is 105 Å². The van der Waals surface area contributed by atoms with Crippen molar-refractivity contribution in [3.05, 3.63) is 17.3 Å². The zero-order chi connectivity index (χ0) is 14.1. The van der Waals surface area contributed by atoms with Crippen LogP contribution < -0.4 is 4.74 Å². The molecule has 0 aliphatic rings. The molecule has 0 aliphatic heterocycles. The van der Waals surface area contributed by atoms with Crippen molar-refractivity contribution in [2.45, 2.75) is 17.9 Å². The summed E-state index contributed by atoms with van der Waals surface area (Å²) >= 11 is 2.76. The van der Waals surface area contributed by atoms with Gasteiger partial charge in [-0.3, -0.25) is 0 Å². The fourth-order valence-corrected chi connectivity index (χ4v) is 1.42. The lowest BCUT2D eigenvalue weighted by Gasteiger charge is -2.15. The van der Waals surface area contributed by atoms with Gasteiger partial charge in [-0.05, 0) is 6.07 Å². The molecule has 0 fully saturated rings. The molecule has 0 amide bonds. The van der Waals surface area contributed by atoms with Crippen molar-refractivity contribution in [3.8, 4) is 11.6 Å². The predicted octanol–water partition coefficient (Wildman–Crippen LogP) is 3.60. The number of halogens is 7. The molecule has 1 aromatic rings. The van der Waals surface area contributed by atoms with Crippen molar-refractivity contribution in [2.75, 3.05) is 0 Å². The van der Waals surface area contributed by atoms with Gasteiger partial charge >= 0.3 is 12.5 Å². The fourth-order valence-electron chi connectivity index (χ4n) is 1.01. The van der Waals surface area contributed by atoms with Crippen molar-refractivity contribution < 1.29 is 36.2 Å². The molecule has 1 aromatic heterocycles. The Morgan fingerprint density at radius 3 is 2.17 bits per heavy atom. The van der Waals surface area contributed by atoms with Gasteiger partial charge in [0.1, 0.15) is 11.3 Å². The molecule has 0 unspecified atom stereocenters. The number of ether oxygens (including phenoxy) is 1. The highest BCUT2D eigenvalue weighted by Crippen LogP contribution is 2.40. The van der Waals surface area contributed by atoms with Crippen LogP contribution in [0.4, 0.5) is 26.3 Å². The number of alkyl halides is 7. The summed E-state index contributed by atoms with van der Waals surface area (Å²) in [7, 11) is 0. The first-order chi connectivity index (χ1) is 8.04. The predicted molar refractivity (Wildman–Crippen MR) is 50.2 cm³/mol. The smallest absolute Gasteiger partial charge is 0.506 e. The van der Waals surface area contributed by atoms with Crippen LogP contribution in [0.25, 0.3) is 0 Å². The molecule has 1 heterocycles. The van der Waals surface area contributed by atoms with Gasteiger partial charge in [0.15, 0.2) is 0 Å². The maximum Gasteiger partial charge on any atom is 0.574 e. The molecule has 18 heavy (non-hydrogen) atoms. The minimum atomic E-state index is -5.31. The third-order valence-corrected chi connectivity index (χ3v) is 2.22. The van der Waals surface area contributed by atoms with Gasteiger partial charge in [0.25, 0.3) is 0 Å². The van der Waals surface area contributed by atoms with E-state index >= 15 is 0 Å². The van der Waals surface area contributed by atoms with Crippen LogP contribution in [0.1, 0.15) is 11.3 Å². The first-order valence-electron chi connectivity index (χ1n) is 4.16. The number of hydrogen-bond donors (Lipinski definition) is 1. The number of aromatic nitrogens is 1. The van der Waals surface area contributed by atoms with Gasteiger partial charge in [-0.1, -0.05) is 15.9 Å². The zero-order valence-electron chi connectivity index (χ0n) is 8.23. The summed E-state index contributed by atoms with van der Waals surface area (Å²) in [6.45, 7) is 0.